The summed E-state index contributed by atoms with van der Waals surface area (Å²) in [6, 6.07) is 0. The van der Waals surface area contributed by atoms with Crippen LogP contribution >= 0.6 is 0 Å². The molecule has 134 valence electrons. The fourth-order valence-electron chi connectivity index (χ4n) is 1.75. The predicted molar refractivity (Wildman–Crippen MR) is 82.2 cm³/mol. The van der Waals surface area contributed by atoms with Gasteiger partial charge >= 0.3 is 35.5 Å². The molecule has 0 aliphatic rings. The number of carboxylic acids is 1. The molecule has 0 heterocycles. The molecule has 23 heavy (non-hydrogen) atoms. The summed E-state index contributed by atoms with van der Waals surface area (Å²) in [5.74, 6) is -1.19. The van der Waals surface area contributed by atoms with Crippen molar-refractivity contribution in [2.45, 2.75) is 71.1 Å². The normalized spacial score (nSPS) is 10.4. The molecule has 0 amide bonds. The van der Waals surface area contributed by atoms with Crippen LogP contribution in [0.1, 0.15) is 71.1 Å². The third-order valence-electron chi connectivity index (χ3n) is 2.86. The Morgan fingerprint density at radius 3 is 1.61 bits per heavy atom. The summed E-state index contributed by atoms with van der Waals surface area (Å²) in [6.07, 6.45) is 11.7. The van der Waals surface area contributed by atoms with Crippen LogP contribution in [0.25, 0.3) is 0 Å². The maximum Gasteiger partial charge on any atom is 1.00 e. The maximum absolute atomic E-state index is 10.1. The largest absolute Gasteiger partial charge is 1.00 e. The van der Waals surface area contributed by atoms with Gasteiger partial charge in [-0.3, -0.25) is 4.18 Å². The van der Waals surface area contributed by atoms with E-state index < -0.39 is 23.0 Å². The minimum absolute atomic E-state index is 0. The van der Waals surface area contributed by atoms with Crippen LogP contribution in [-0.2, 0) is 19.4 Å². The molecule has 0 bridgehead atoms. The average Bonchev–Trinajstić information content (AvgIpc) is 2.44. The zero-order valence-electron chi connectivity index (χ0n) is 14.3. The summed E-state index contributed by atoms with van der Waals surface area (Å²) in [5.41, 5.74) is 0. The number of unbranched alkanes of at least 4 members (excludes halogenated alkanes) is 9. The predicted octanol–water partition coefficient (Wildman–Crippen LogP) is -0.549. The molecule has 0 radical (unpaired) electrons. The standard InChI is InChI=1S/C12H26O4S.C2H4O3.Na/c1-2-3-4-5-6-7-8-9-10-11-12-16-17(13,14)15;3-1-2(4)5;/h2-12H2,1H3,(H,13,14,15);3H,1H2,(H,4,5);/q;;+1/p-1. The molecule has 0 rings (SSSR count). The molecule has 0 aliphatic heterocycles. The first-order valence-electron chi connectivity index (χ1n) is 7.76. The van der Waals surface area contributed by atoms with Crippen LogP contribution in [0.4, 0.5) is 0 Å². The summed E-state index contributed by atoms with van der Waals surface area (Å²) in [7, 11) is -4.48. The number of rotatable bonds is 13. The summed E-state index contributed by atoms with van der Waals surface area (Å²) < 4.78 is 34.5. The van der Waals surface area contributed by atoms with E-state index in [1.807, 2.05) is 0 Å². The molecule has 7 nitrogen and oxygen atoms in total. The van der Waals surface area contributed by atoms with Gasteiger partial charge in [0, 0.05) is 0 Å². The van der Waals surface area contributed by atoms with Crippen molar-refractivity contribution in [2.75, 3.05) is 13.2 Å². The topological polar surface area (TPSA) is 124 Å². The molecular formula is C14H29NaO7S. The second-order valence-electron chi connectivity index (χ2n) is 4.96. The van der Waals surface area contributed by atoms with Crippen molar-refractivity contribution in [3.8, 4) is 0 Å². The molecule has 0 atom stereocenters. The second-order valence-corrected chi connectivity index (χ2v) is 6.02. The second kappa shape index (κ2) is 20.3. The van der Waals surface area contributed by atoms with Crippen LogP contribution in [0, 0.1) is 0 Å². The Bertz CT molecular complexity index is 347. The summed E-state index contributed by atoms with van der Waals surface area (Å²) in [6.45, 7) is 1.46. The van der Waals surface area contributed by atoms with Crippen LogP contribution < -0.4 is 29.6 Å². The molecule has 9 heteroatoms. The van der Waals surface area contributed by atoms with E-state index in [0.717, 1.165) is 12.8 Å². The molecule has 0 unspecified atom stereocenters. The van der Waals surface area contributed by atoms with Crippen molar-refractivity contribution in [3.05, 3.63) is 0 Å². The smallest absolute Gasteiger partial charge is 0.726 e. The van der Waals surface area contributed by atoms with Gasteiger partial charge in [-0.15, -0.1) is 0 Å². The van der Waals surface area contributed by atoms with Gasteiger partial charge in [-0.1, -0.05) is 64.7 Å². The Morgan fingerprint density at radius 1 is 0.957 bits per heavy atom. The van der Waals surface area contributed by atoms with Crippen molar-refractivity contribution < 1.29 is 61.7 Å². The summed E-state index contributed by atoms with van der Waals surface area (Å²) in [4.78, 5) is 9.12. The Hall–Kier alpha value is 0.300. The average molecular weight is 364 g/mol. The third kappa shape index (κ3) is 34.6. The van der Waals surface area contributed by atoms with Crippen LogP contribution in [0.5, 0.6) is 0 Å². The van der Waals surface area contributed by atoms with Crippen molar-refractivity contribution in [2.24, 2.45) is 0 Å². The van der Waals surface area contributed by atoms with Crippen molar-refractivity contribution in [1.29, 1.82) is 0 Å². The zero-order chi connectivity index (χ0) is 17.3. The molecule has 0 fully saturated rings. The van der Waals surface area contributed by atoms with E-state index >= 15 is 0 Å². The van der Waals surface area contributed by atoms with E-state index in [-0.39, 0.29) is 36.2 Å². The van der Waals surface area contributed by atoms with Crippen molar-refractivity contribution in [1.82, 2.24) is 0 Å². The summed E-state index contributed by atoms with van der Waals surface area (Å²) >= 11 is 0. The molecular weight excluding hydrogens is 335 g/mol. The number of aliphatic hydroxyl groups excluding tert-OH is 1. The van der Waals surface area contributed by atoms with E-state index in [4.69, 9.17) is 15.0 Å². The first kappa shape index (κ1) is 28.1. The fourth-order valence-corrected chi connectivity index (χ4v) is 2.07. The number of carboxylic acid groups (broad SMARTS) is 1. The van der Waals surface area contributed by atoms with Crippen LogP contribution in [0.3, 0.4) is 0 Å². The van der Waals surface area contributed by atoms with E-state index in [1.165, 1.54) is 44.9 Å². The number of aliphatic hydroxyl groups is 1. The Morgan fingerprint density at radius 2 is 1.30 bits per heavy atom. The van der Waals surface area contributed by atoms with E-state index in [1.54, 1.807) is 0 Å². The molecule has 0 saturated carbocycles. The minimum Gasteiger partial charge on any atom is -0.726 e. The zero-order valence-corrected chi connectivity index (χ0v) is 17.1. The molecule has 0 saturated heterocycles. The first-order valence-corrected chi connectivity index (χ1v) is 9.09. The van der Waals surface area contributed by atoms with Crippen LogP contribution in [0.15, 0.2) is 0 Å². The quantitative estimate of drug-likeness (QED) is 0.194. The van der Waals surface area contributed by atoms with Crippen molar-refractivity contribution >= 4 is 16.4 Å². The number of aliphatic carboxylic acids is 1. The molecule has 0 aromatic heterocycles. The first-order chi connectivity index (χ1) is 10.3. The summed E-state index contributed by atoms with van der Waals surface area (Å²) in [5, 5.41) is 15.0. The molecule has 0 spiro atoms. The van der Waals surface area contributed by atoms with Gasteiger partial charge in [0.2, 0.25) is 10.4 Å². The molecule has 0 aromatic rings. The van der Waals surface area contributed by atoms with E-state index in [9.17, 15) is 13.0 Å². The van der Waals surface area contributed by atoms with Gasteiger partial charge in [-0.2, -0.15) is 0 Å². The number of hydrogen-bond acceptors (Lipinski definition) is 6. The molecule has 0 aliphatic carbocycles. The van der Waals surface area contributed by atoms with Gasteiger partial charge in [-0.05, 0) is 6.42 Å². The van der Waals surface area contributed by atoms with E-state index in [2.05, 4.69) is 11.1 Å². The van der Waals surface area contributed by atoms with Crippen LogP contribution in [0.2, 0.25) is 0 Å². The van der Waals surface area contributed by atoms with Gasteiger partial charge in [-0.25, -0.2) is 13.2 Å². The van der Waals surface area contributed by atoms with Gasteiger partial charge < -0.3 is 14.8 Å². The Kier molecular flexibility index (Phi) is 24.9. The van der Waals surface area contributed by atoms with Gasteiger partial charge in [0.1, 0.15) is 6.61 Å². The molecule has 0 aromatic carbocycles. The Labute approximate surface area is 162 Å². The minimum atomic E-state index is -4.48. The molecule has 2 N–H and O–H groups in total. The Balaban J connectivity index is -0.000000578. The van der Waals surface area contributed by atoms with Gasteiger partial charge in [0.25, 0.3) is 0 Å². The maximum atomic E-state index is 10.1. The fraction of sp³-hybridized carbons (Fsp3) is 0.929. The van der Waals surface area contributed by atoms with Crippen LogP contribution in [-0.4, -0.2) is 42.4 Å². The number of carbonyl (C=O) groups is 1. The van der Waals surface area contributed by atoms with Crippen molar-refractivity contribution in [3.63, 3.8) is 0 Å². The van der Waals surface area contributed by atoms with Gasteiger partial charge in [0.15, 0.2) is 0 Å². The van der Waals surface area contributed by atoms with E-state index in [0.29, 0.717) is 6.42 Å². The number of hydrogen-bond donors (Lipinski definition) is 2. The third-order valence-corrected chi connectivity index (χ3v) is 3.32. The SMILES string of the molecule is CCCCCCCCCCCCOS(=O)(=O)[O-].O=C(O)CO.[Na+]. The van der Waals surface area contributed by atoms with Gasteiger partial charge in [0.05, 0.1) is 6.61 Å². The monoisotopic (exact) mass is 364 g/mol.